The lowest BCUT2D eigenvalue weighted by molar-refractivity contribution is -0.384. The maximum absolute atomic E-state index is 12.8. The minimum Gasteiger partial charge on any atom is -0.490 e. The number of nitro benzene ring substituents is 1. The molecule has 0 radical (unpaired) electrons. The zero-order valence-corrected chi connectivity index (χ0v) is 23.3. The van der Waals surface area contributed by atoms with E-state index in [1.54, 1.807) is 66.7 Å². The topological polar surface area (TPSA) is 124 Å². The third kappa shape index (κ3) is 8.34. The molecule has 0 aliphatic carbocycles. The van der Waals surface area contributed by atoms with Gasteiger partial charge in [-0.2, -0.15) is 5.26 Å². The Bertz CT molecular complexity index is 1630. The predicted molar refractivity (Wildman–Crippen MR) is 159 cm³/mol. The Hall–Kier alpha value is -5.33. The smallest absolute Gasteiger partial charge is 0.269 e. The molecule has 4 aromatic carbocycles. The first kappa shape index (κ1) is 29.6. The van der Waals surface area contributed by atoms with Gasteiger partial charge in [-0.05, 0) is 78.2 Å². The first-order chi connectivity index (χ1) is 20.3. The lowest BCUT2D eigenvalue weighted by Gasteiger charge is -2.13. The largest absolute Gasteiger partial charge is 0.490 e. The van der Waals surface area contributed by atoms with Crippen LogP contribution in [-0.4, -0.2) is 17.4 Å². The number of ether oxygens (including phenoxy) is 3. The summed E-state index contributed by atoms with van der Waals surface area (Å²) in [7, 11) is 0. The van der Waals surface area contributed by atoms with Crippen molar-refractivity contribution in [3.8, 4) is 23.3 Å². The molecule has 1 N–H and O–H groups in total. The quantitative estimate of drug-likeness (QED) is 0.0800. The van der Waals surface area contributed by atoms with E-state index in [0.29, 0.717) is 52.3 Å². The number of carbonyl (C=O) groups excluding carboxylic acids is 1. The van der Waals surface area contributed by atoms with Crippen molar-refractivity contribution in [1.82, 2.24) is 0 Å². The van der Waals surface area contributed by atoms with Crippen LogP contribution >= 0.6 is 11.6 Å². The third-order valence-corrected chi connectivity index (χ3v) is 6.14. The van der Waals surface area contributed by atoms with Crippen molar-refractivity contribution in [3.05, 3.63) is 128 Å². The highest BCUT2D eigenvalue weighted by atomic mass is 35.5. The minimum atomic E-state index is -0.573. The number of nitriles is 1. The van der Waals surface area contributed by atoms with E-state index in [-0.39, 0.29) is 17.9 Å². The number of anilines is 1. The second kappa shape index (κ2) is 14.3. The van der Waals surface area contributed by atoms with Gasteiger partial charge >= 0.3 is 0 Å². The van der Waals surface area contributed by atoms with Gasteiger partial charge in [0.1, 0.15) is 30.6 Å². The molecule has 4 aromatic rings. The molecule has 0 aliphatic heterocycles. The van der Waals surface area contributed by atoms with Crippen molar-refractivity contribution in [2.75, 3.05) is 11.9 Å². The van der Waals surface area contributed by atoms with Crippen molar-refractivity contribution in [1.29, 1.82) is 5.26 Å². The first-order valence-electron chi connectivity index (χ1n) is 12.9. The van der Waals surface area contributed by atoms with Crippen LogP contribution in [0.15, 0.2) is 96.6 Å². The monoisotopic (exact) mass is 583 g/mol. The van der Waals surface area contributed by atoms with Crippen LogP contribution in [0, 0.1) is 21.4 Å². The van der Waals surface area contributed by atoms with E-state index in [9.17, 15) is 20.2 Å². The summed E-state index contributed by atoms with van der Waals surface area (Å²) in [5.74, 6) is 0.872. The Morgan fingerprint density at radius 3 is 2.36 bits per heavy atom. The summed E-state index contributed by atoms with van der Waals surface area (Å²) >= 11 is 5.91. The number of non-ortho nitro benzene ring substituents is 1. The van der Waals surface area contributed by atoms with E-state index in [2.05, 4.69) is 5.32 Å². The zero-order valence-electron chi connectivity index (χ0n) is 22.6. The highest BCUT2D eigenvalue weighted by molar-refractivity contribution is 6.30. The molecule has 0 atom stereocenters. The highest BCUT2D eigenvalue weighted by Crippen LogP contribution is 2.30. The van der Waals surface area contributed by atoms with Gasteiger partial charge in [0.2, 0.25) is 0 Å². The van der Waals surface area contributed by atoms with E-state index in [1.165, 1.54) is 18.2 Å². The molecule has 10 heteroatoms. The SMILES string of the molecule is CCOc1cc(/C=C(\C#N)C(=O)Nc2ccc(OCc3ccc(Cl)cc3)cc2)ccc1OCc1cccc([N+](=O)[O-])c1. The molecule has 0 aliphatic rings. The average molecular weight is 584 g/mol. The lowest BCUT2D eigenvalue weighted by atomic mass is 10.1. The van der Waals surface area contributed by atoms with Crippen LogP contribution < -0.4 is 19.5 Å². The Kier molecular flexibility index (Phi) is 10.1. The van der Waals surface area contributed by atoms with Gasteiger partial charge in [0.25, 0.3) is 11.6 Å². The van der Waals surface area contributed by atoms with E-state index in [4.69, 9.17) is 25.8 Å². The van der Waals surface area contributed by atoms with Gasteiger partial charge in [0.15, 0.2) is 11.5 Å². The molecule has 0 aromatic heterocycles. The van der Waals surface area contributed by atoms with Gasteiger partial charge in [-0.25, -0.2) is 0 Å². The standard InChI is InChI=1S/C32H26ClN3O6/c1-2-40-31-18-23(8-15-30(31)42-21-24-4-3-5-28(17-24)36(38)39)16-25(19-34)32(37)35-27-11-13-29(14-12-27)41-20-22-6-9-26(33)10-7-22/h3-18H,2,20-21H2,1H3,(H,35,37)/b25-16+. The molecule has 42 heavy (non-hydrogen) atoms. The Morgan fingerprint density at radius 2 is 1.67 bits per heavy atom. The van der Waals surface area contributed by atoms with Gasteiger partial charge < -0.3 is 19.5 Å². The zero-order chi connectivity index (χ0) is 29.9. The summed E-state index contributed by atoms with van der Waals surface area (Å²) < 4.78 is 17.3. The number of rotatable bonds is 12. The number of nitrogens with zero attached hydrogens (tertiary/aromatic N) is 2. The van der Waals surface area contributed by atoms with Crippen molar-refractivity contribution in [2.45, 2.75) is 20.1 Å². The second-order valence-corrected chi connectivity index (χ2v) is 9.35. The maximum atomic E-state index is 12.8. The minimum absolute atomic E-state index is 0.0256. The van der Waals surface area contributed by atoms with E-state index < -0.39 is 10.8 Å². The predicted octanol–water partition coefficient (Wildman–Crippen LogP) is 7.35. The van der Waals surface area contributed by atoms with Crippen LogP contribution in [-0.2, 0) is 18.0 Å². The van der Waals surface area contributed by atoms with E-state index in [0.717, 1.165) is 5.56 Å². The molecule has 9 nitrogen and oxygen atoms in total. The van der Waals surface area contributed by atoms with Crippen LogP contribution in [0.2, 0.25) is 5.02 Å². The molecule has 0 heterocycles. The summed E-state index contributed by atoms with van der Waals surface area (Å²) in [6, 6.07) is 27.3. The highest BCUT2D eigenvalue weighted by Gasteiger charge is 2.13. The van der Waals surface area contributed by atoms with E-state index >= 15 is 0 Å². The molecule has 0 saturated heterocycles. The molecular formula is C32H26ClN3O6. The second-order valence-electron chi connectivity index (χ2n) is 8.92. The van der Waals surface area contributed by atoms with E-state index in [1.807, 2.05) is 25.1 Å². The molecule has 4 rings (SSSR count). The fourth-order valence-corrected chi connectivity index (χ4v) is 3.94. The van der Waals surface area contributed by atoms with Gasteiger partial charge in [-0.1, -0.05) is 41.9 Å². The number of hydrogen-bond donors (Lipinski definition) is 1. The molecular weight excluding hydrogens is 558 g/mol. The fourth-order valence-electron chi connectivity index (χ4n) is 3.82. The number of nitrogens with one attached hydrogen (secondary N) is 1. The van der Waals surface area contributed by atoms with Crippen LogP contribution in [0.5, 0.6) is 17.2 Å². The number of hydrogen-bond acceptors (Lipinski definition) is 7. The maximum Gasteiger partial charge on any atom is 0.269 e. The number of amides is 1. The Labute approximate surface area is 247 Å². The molecule has 0 saturated carbocycles. The van der Waals surface area contributed by atoms with Gasteiger partial charge in [-0.15, -0.1) is 0 Å². The average Bonchev–Trinajstić information content (AvgIpc) is 3.00. The summed E-state index contributed by atoms with van der Waals surface area (Å²) in [6.45, 7) is 2.63. The number of halogens is 1. The van der Waals surface area contributed by atoms with Gasteiger partial charge in [0.05, 0.1) is 11.5 Å². The number of carbonyl (C=O) groups is 1. The fraction of sp³-hybridized carbons (Fsp3) is 0.125. The van der Waals surface area contributed by atoms with Crippen LogP contribution in [0.3, 0.4) is 0 Å². The van der Waals surface area contributed by atoms with Crippen molar-refractivity contribution in [2.24, 2.45) is 0 Å². The van der Waals surface area contributed by atoms with Crippen LogP contribution in [0.25, 0.3) is 6.08 Å². The molecule has 0 unspecified atom stereocenters. The van der Waals surface area contributed by atoms with Crippen molar-refractivity contribution < 1.29 is 23.9 Å². The van der Waals surface area contributed by atoms with Gasteiger partial charge in [-0.3, -0.25) is 14.9 Å². The summed E-state index contributed by atoms with van der Waals surface area (Å²) in [6.07, 6.45) is 1.45. The molecule has 212 valence electrons. The van der Waals surface area contributed by atoms with Crippen molar-refractivity contribution in [3.63, 3.8) is 0 Å². The van der Waals surface area contributed by atoms with Crippen LogP contribution in [0.1, 0.15) is 23.6 Å². The molecule has 0 spiro atoms. The molecule has 1 amide bonds. The Morgan fingerprint density at radius 1 is 0.929 bits per heavy atom. The number of benzene rings is 4. The summed E-state index contributed by atoms with van der Waals surface area (Å²) in [4.78, 5) is 23.4. The molecule has 0 fully saturated rings. The summed E-state index contributed by atoms with van der Waals surface area (Å²) in [5, 5.41) is 24.1. The summed E-state index contributed by atoms with van der Waals surface area (Å²) in [5.41, 5.74) is 2.52. The first-order valence-corrected chi connectivity index (χ1v) is 13.3. The molecule has 0 bridgehead atoms. The Balaban J connectivity index is 1.40. The lowest BCUT2D eigenvalue weighted by Crippen LogP contribution is -2.13. The van der Waals surface area contributed by atoms with Crippen molar-refractivity contribution >= 4 is 35.0 Å². The normalized spacial score (nSPS) is 10.8. The number of nitro groups is 1. The van der Waals surface area contributed by atoms with Gasteiger partial charge in [0, 0.05) is 22.8 Å². The third-order valence-electron chi connectivity index (χ3n) is 5.89. The van der Waals surface area contributed by atoms with Crippen LogP contribution in [0.4, 0.5) is 11.4 Å².